The summed E-state index contributed by atoms with van der Waals surface area (Å²) in [7, 11) is 0. The molecule has 0 radical (unpaired) electrons. The second kappa shape index (κ2) is 8.39. The number of hydrogen-bond donors (Lipinski definition) is 2. The molecule has 28 heavy (non-hydrogen) atoms. The van der Waals surface area contributed by atoms with Gasteiger partial charge in [-0.25, -0.2) is 4.79 Å². The van der Waals surface area contributed by atoms with Gasteiger partial charge in [0.05, 0.1) is 12.5 Å². The normalized spacial score (nSPS) is 21.2. The Hall–Kier alpha value is -2.28. The van der Waals surface area contributed by atoms with Crippen LogP contribution < -0.4 is 9.64 Å². The second-order valence-electron chi connectivity index (χ2n) is 8.24. The molecule has 2 heterocycles. The number of aliphatic hydroxyl groups is 1. The van der Waals surface area contributed by atoms with Crippen molar-refractivity contribution < 1.29 is 24.5 Å². The van der Waals surface area contributed by atoms with E-state index in [1.54, 1.807) is 4.90 Å². The van der Waals surface area contributed by atoms with Crippen molar-refractivity contribution in [2.24, 2.45) is 11.8 Å². The van der Waals surface area contributed by atoms with Gasteiger partial charge in [0, 0.05) is 37.8 Å². The van der Waals surface area contributed by atoms with Crippen molar-refractivity contribution in [3.8, 4) is 5.75 Å². The van der Waals surface area contributed by atoms with Gasteiger partial charge < -0.3 is 24.7 Å². The standard InChI is InChI=1S/C21H30N2O5/c1-13(2)10-17(19(24)21(26)27)20(25)23-8-7-22(12-14(23)3)16-4-5-18-15(11-16)6-9-28-18/h4-5,11,13-14,17,19,24H,6-10,12H2,1-3H3,(H,26,27)/t14-,17+,19+/m1/s1. The molecule has 0 saturated carbocycles. The van der Waals surface area contributed by atoms with Crippen molar-refractivity contribution in [2.45, 2.75) is 45.8 Å². The minimum absolute atomic E-state index is 0.0681. The Morgan fingerprint density at radius 3 is 2.68 bits per heavy atom. The van der Waals surface area contributed by atoms with E-state index in [9.17, 15) is 19.8 Å². The zero-order valence-corrected chi connectivity index (χ0v) is 16.8. The molecule has 154 valence electrons. The third-order valence-electron chi connectivity index (χ3n) is 5.63. The summed E-state index contributed by atoms with van der Waals surface area (Å²) in [5.74, 6) is -1.45. The monoisotopic (exact) mass is 390 g/mol. The lowest BCUT2D eigenvalue weighted by Crippen LogP contribution is -2.57. The van der Waals surface area contributed by atoms with E-state index in [1.807, 2.05) is 32.9 Å². The van der Waals surface area contributed by atoms with E-state index >= 15 is 0 Å². The summed E-state index contributed by atoms with van der Waals surface area (Å²) in [5.41, 5.74) is 2.33. The lowest BCUT2D eigenvalue weighted by Gasteiger charge is -2.42. The summed E-state index contributed by atoms with van der Waals surface area (Å²) < 4.78 is 5.57. The van der Waals surface area contributed by atoms with Gasteiger partial charge in [-0.3, -0.25) is 4.79 Å². The fraction of sp³-hybridized carbons (Fsp3) is 0.619. The average molecular weight is 390 g/mol. The maximum absolute atomic E-state index is 13.1. The molecular weight excluding hydrogens is 360 g/mol. The molecule has 7 heteroatoms. The highest BCUT2D eigenvalue weighted by Gasteiger charge is 2.38. The average Bonchev–Trinajstić information content (AvgIpc) is 3.12. The SMILES string of the molecule is CC(C)C[C@H](C(=O)N1CCN(c2ccc3c(c2)CCO3)C[C@H]1C)[C@H](O)C(=O)O. The third-order valence-corrected chi connectivity index (χ3v) is 5.63. The molecule has 1 aromatic rings. The number of hydrogen-bond acceptors (Lipinski definition) is 5. The molecule has 3 atom stereocenters. The first-order valence-corrected chi connectivity index (χ1v) is 10.00. The number of piperazine rings is 1. The number of ether oxygens (including phenoxy) is 1. The van der Waals surface area contributed by atoms with Gasteiger partial charge in [0.2, 0.25) is 5.91 Å². The molecule has 1 saturated heterocycles. The smallest absolute Gasteiger partial charge is 0.333 e. The van der Waals surface area contributed by atoms with Crippen LogP contribution in [0.3, 0.4) is 0 Å². The van der Waals surface area contributed by atoms with Gasteiger partial charge in [-0.1, -0.05) is 13.8 Å². The summed E-state index contributed by atoms with van der Waals surface area (Å²) in [6.45, 7) is 8.40. The summed E-state index contributed by atoms with van der Waals surface area (Å²) >= 11 is 0. The van der Waals surface area contributed by atoms with E-state index in [-0.39, 0.29) is 17.9 Å². The predicted octanol–water partition coefficient (Wildman–Crippen LogP) is 1.77. The van der Waals surface area contributed by atoms with Crippen LogP contribution in [0.4, 0.5) is 5.69 Å². The molecule has 0 unspecified atom stereocenters. The summed E-state index contributed by atoms with van der Waals surface area (Å²) in [6.07, 6.45) is -0.401. The van der Waals surface area contributed by atoms with Gasteiger partial charge in [0.15, 0.2) is 6.10 Å². The number of rotatable bonds is 6. The number of fused-ring (bicyclic) bond motifs is 1. The molecule has 2 aliphatic rings. The topological polar surface area (TPSA) is 90.3 Å². The number of carboxylic acids is 1. The first-order valence-electron chi connectivity index (χ1n) is 10.00. The molecule has 2 aliphatic heterocycles. The second-order valence-corrected chi connectivity index (χ2v) is 8.24. The molecular formula is C21H30N2O5. The van der Waals surface area contributed by atoms with Crippen molar-refractivity contribution in [1.29, 1.82) is 0 Å². The molecule has 0 aromatic heterocycles. The molecule has 7 nitrogen and oxygen atoms in total. The lowest BCUT2D eigenvalue weighted by molar-refractivity contribution is -0.158. The molecule has 1 amide bonds. The highest BCUT2D eigenvalue weighted by molar-refractivity contribution is 5.86. The van der Waals surface area contributed by atoms with Crippen molar-refractivity contribution in [3.63, 3.8) is 0 Å². The Balaban J connectivity index is 1.70. The Kier molecular flexibility index (Phi) is 6.13. The largest absolute Gasteiger partial charge is 0.493 e. The Bertz CT molecular complexity index is 736. The number of nitrogens with zero attached hydrogens (tertiary/aromatic N) is 2. The van der Waals surface area contributed by atoms with Gasteiger partial charge in [-0.2, -0.15) is 0 Å². The number of aliphatic hydroxyl groups excluding tert-OH is 1. The third kappa shape index (κ3) is 4.24. The van der Waals surface area contributed by atoms with Crippen LogP contribution in [0.15, 0.2) is 18.2 Å². The number of carbonyl (C=O) groups excluding carboxylic acids is 1. The molecule has 3 rings (SSSR count). The lowest BCUT2D eigenvalue weighted by atomic mass is 9.90. The van der Waals surface area contributed by atoms with Crippen LogP contribution in [0.25, 0.3) is 0 Å². The van der Waals surface area contributed by atoms with Crippen molar-refractivity contribution in [2.75, 3.05) is 31.1 Å². The molecule has 0 spiro atoms. The molecule has 1 aromatic carbocycles. The predicted molar refractivity (Wildman–Crippen MR) is 106 cm³/mol. The highest BCUT2D eigenvalue weighted by Crippen LogP contribution is 2.31. The van der Waals surface area contributed by atoms with Crippen LogP contribution in [0.2, 0.25) is 0 Å². The van der Waals surface area contributed by atoms with E-state index < -0.39 is 18.0 Å². The quantitative estimate of drug-likeness (QED) is 0.769. The summed E-state index contributed by atoms with van der Waals surface area (Å²) in [6, 6.07) is 6.13. The van der Waals surface area contributed by atoms with E-state index in [0.717, 1.165) is 24.5 Å². The van der Waals surface area contributed by atoms with E-state index in [0.29, 0.717) is 26.1 Å². The summed E-state index contributed by atoms with van der Waals surface area (Å²) in [5, 5.41) is 19.3. The maximum atomic E-state index is 13.1. The van der Waals surface area contributed by atoms with Gasteiger partial charge in [-0.05, 0) is 43.0 Å². The Morgan fingerprint density at radius 2 is 2.04 bits per heavy atom. The van der Waals surface area contributed by atoms with E-state index in [2.05, 4.69) is 11.0 Å². The number of amides is 1. The minimum atomic E-state index is -1.67. The first-order chi connectivity index (χ1) is 13.3. The molecule has 0 aliphatic carbocycles. The van der Waals surface area contributed by atoms with E-state index in [1.165, 1.54) is 5.56 Å². The van der Waals surface area contributed by atoms with Crippen molar-refractivity contribution in [3.05, 3.63) is 23.8 Å². The van der Waals surface area contributed by atoms with Crippen LogP contribution in [-0.4, -0.2) is 65.4 Å². The van der Waals surface area contributed by atoms with Gasteiger partial charge >= 0.3 is 5.97 Å². The number of benzene rings is 1. The number of aliphatic carboxylic acids is 1. The Morgan fingerprint density at radius 1 is 1.29 bits per heavy atom. The molecule has 1 fully saturated rings. The van der Waals surface area contributed by atoms with E-state index in [4.69, 9.17) is 4.74 Å². The van der Waals surface area contributed by atoms with Crippen LogP contribution in [0.5, 0.6) is 5.75 Å². The summed E-state index contributed by atoms with van der Waals surface area (Å²) in [4.78, 5) is 28.3. The maximum Gasteiger partial charge on any atom is 0.333 e. The highest BCUT2D eigenvalue weighted by atomic mass is 16.5. The first kappa shape index (κ1) is 20.5. The number of anilines is 1. The fourth-order valence-corrected chi connectivity index (χ4v) is 4.15. The van der Waals surface area contributed by atoms with Gasteiger partial charge in [-0.15, -0.1) is 0 Å². The van der Waals surface area contributed by atoms with Crippen molar-refractivity contribution >= 4 is 17.6 Å². The Labute approximate surface area is 165 Å². The van der Waals surface area contributed by atoms with Crippen LogP contribution in [0, 0.1) is 11.8 Å². The van der Waals surface area contributed by atoms with Crippen LogP contribution >= 0.6 is 0 Å². The fourth-order valence-electron chi connectivity index (χ4n) is 4.15. The van der Waals surface area contributed by atoms with Gasteiger partial charge in [0.25, 0.3) is 0 Å². The number of carboxylic acid groups (broad SMARTS) is 1. The van der Waals surface area contributed by atoms with Crippen LogP contribution in [0.1, 0.15) is 32.8 Å². The van der Waals surface area contributed by atoms with Crippen molar-refractivity contribution in [1.82, 2.24) is 4.90 Å². The number of carbonyl (C=O) groups is 2. The minimum Gasteiger partial charge on any atom is -0.493 e. The molecule has 2 N–H and O–H groups in total. The van der Waals surface area contributed by atoms with Gasteiger partial charge in [0.1, 0.15) is 5.75 Å². The zero-order chi connectivity index (χ0) is 20.4. The molecule has 0 bridgehead atoms. The van der Waals surface area contributed by atoms with Crippen LogP contribution in [-0.2, 0) is 16.0 Å². The zero-order valence-electron chi connectivity index (χ0n) is 16.8.